The largest absolute Gasteiger partial charge is 0.489 e. The molecule has 0 spiro atoms. The number of benzene rings is 5. The lowest BCUT2D eigenvalue weighted by molar-refractivity contribution is 0.299. The summed E-state index contributed by atoms with van der Waals surface area (Å²) in [5, 5.41) is 1.10. The Labute approximate surface area is 259 Å². The van der Waals surface area contributed by atoms with Crippen molar-refractivity contribution in [1.82, 2.24) is 0 Å². The molecular weight excluding hydrogens is 654 g/mol. The van der Waals surface area contributed by atoms with E-state index in [1.54, 1.807) is 12.1 Å². The maximum atomic E-state index is 15.1. The van der Waals surface area contributed by atoms with E-state index < -0.39 is 7.37 Å². The van der Waals surface area contributed by atoms with Crippen LogP contribution < -0.4 is 24.6 Å². The highest BCUT2D eigenvalue weighted by atomic mass is 127. The van der Waals surface area contributed by atoms with E-state index in [2.05, 4.69) is 41.3 Å². The van der Waals surface area contributed by atoms with Crippen LogP contribution in [0.2, 0.25) is 0 Å². The zero-order valence-corrected chi connectivity index (χ0v) is 25.8. The van der Waals surface area contributed by atoms with E-state index in [9.17, 15) is 0 Å². The summed E-state index contributed by atoms with van der Waals surface area (Å²) >= 11 is 2.21. The number of halogens is 1. The topological polar surface area (TPSA) is 44.8 Å². The third-order valence-corrected chi connectivity index (χ3v) is 9.94. The lowest BCUT2D eigenvalue weighted by Gasteiger charge is -2.30. The van der Waals surface area contributed by atoms with Crippen LogP contribution in [-0.4, -0.2) is 0 Å². The van der Waals surface area contributed by atoms with Gasteiger partial charge in [0.2, 0.25) is 0 Å². The SMILES string of the molecule is C=Cc1ccc(COc2ccc(OCc3ccc(C=CI)cc3)cc2P2(=O)Oc3ccccc3-c3ccccc32)cc1. The number of ether oxygens (including phenoxy) is 2. The van der Waals surface area contributed by atoms with Crippen molar-refractivity contribution in [2.45, 2.75) is 13.2 Å². The van der Waals surface area contributed by atoms with Crippen molar-refractivity contribution in [3.05, 3.63) is 148 Å². The quantitative estimate of drug-likeness (QED) is 0.115. The predicted molar refractivity (Wildman–Crippen MR) is 181 cm³/mol. The van der Waals surface area contributed by atoms with Crippen LogP contribution >= 0.6 is 30.0 Å². The Hall–Kier alpha value is -4.06. The predicted octanol–water partition coefficient (Wildman–Crippen LogP) is 9.18. The van der Waals surface area contributed by atoms with Gasteiger partial charge in [0.05, 0.1) is 10.6 Å². The minimum absolute atomic E-state index is 0.306. The van der Waals surface area contributed by atoms with Crippen LogP contribution in [0.3, 0.4) is 0 Å². The fraction of sp³-hybridized carbons (Fsp3) is 0.0556. The zero-order valence-electron chi connectivity index (χ0n) is 22.8. The van der Waals surface area contributed by atoms with Gasteiger partial charge in [-0.3, -0.25) is 4.57 Å². The standard InChI is InChI=1S/C36H28IO4P/c1-2-26-11-15-29(16-12-26)25-40-34-20-19-30(39-24-28-17-13-27(14-18-28)21-22-37)23-36(34)42(38)35-10-6-4-8-32(35)31-7-3-5-9-33(31)41-42/h2-23H,1,24-25H2. The first-order valence-electron chi connectivity index (χ1n) is 13.5. The van der Waals surface area contributed by atoms with Crippen LogP contribution in [0.5, 0.6) is 17.2 Å². The van der Waals surface area contributed by atoms with Gasteiger partial charge in [0, 0.05) is 5.56 Å². The van der Waals surface area contributed by atoms with Crippen LogP contribution in [0.4, 0.5) is 0 Å². The number of para-hydroxylation sites is 1. The van der Waals surface area contributed by atoms with Crippen LogP contribution in [0.1, 0.15) is 22.3 Å². The molecule has 0 amide bonds. The number of hydrogen-bond acceptors (Lipinski definition) is 4. The Morgan fingerprint density at radius 2 is 1.36 bits per heavy atom. The highest BCUT2D eigenvalue weighted by Gasteiger charge is 2.40. The van der Waals surface area contributed by atoms with Gasteiger partial charge < -0.3 is 14.0 Å². The number of rotatable bonds is 9. The van der Waals surface area contributed by atoms with Crippen molar-refractivity contribution in [2.75, 3.05) is 0 Å². The molecule has 0 N–H and O–H groups in total. The van der Waals surface area contributed by atoms with E-state index in [1.165, 1.54) is 0 Å². The summed E-state index contributed by atoms with van der Waals surface area (Å²) in [5.41, 5.74) is 5.99. The fourth-order valence-corrected chi connectivity index (χ4v) is 7.74. The van der Waals surface area contributed by atoms with Gasteiger partial charge in [0.1, 0.15) is 30.5 Å². The number of fused-ring (bicyclic) bond motifs is 3. The molecule has 0 bridgehead atoms. The van der Waals surface area contributed by atoms with Crippen LogP contribution in [0.15, 0.2) is 126 Å². The van der Waals surface area contributed by atoms with Gasteiger partial charge >= 0.3 is 7.37 Å². The molecule has 1 atom stereocenters. The smallest absolute Gasteiger partial charge is 0.311 e. The van der Waals surface area contributed by atoms with Crippen molar-refractivity contribution in [1.29, 1.82) is 0 Å². The van der Waals surface area contributed by atoms with E-state index >= 15 is 4.57 Å². The average molecular weight is 682 g/mol. The lowest BCUT2D eigenvalue weighted by atomic mass is 10.0. The zero-order chi connectivity index (χ0) is 28.9. The minimum Gasteiger partial charge on any atom is -0.489 e. The maximum absolute atomic E-state index is 15.1. The first kappa shape index (κ1) is 28.1. The average Bonchev–Trinajstić information content (AvgIpc) is 3.04. The highest BCUT2D eigenvalue weighted by molar-refractivity contribution is 14.1. The van der Waals surface area contributed by atoms with Crippen molar-refractivity contribution < 1.29 is 18.6 Å². The van der Waals surface area contributed by atoms with Crippen molar-refractivity contribution >= 4 is 52.7 Å². The first-order valence-corrected chi connectivity index (χ1v) is 16.4. The Kier molecular flexibility index (Phi) is 8.31. The second kappa shape index (κ2) is 12.4. The summed E-state index contributed by atoms with van der Waals surface area (Å²) in [4.78, 5) is 0. The van der Waals surface area contributed by atoms with Crippen molar-refractivity contribution in [3.63, 3.8) is 0 Å². The first-order chi connectivity index (χ1) is 20.6. The fourth-order valence-electron chi connectivity index (χ4n) is 4.91. The normalized spacial score (nSPS) is 15.4. The van der Waals surface area contributed by atoms with Crippen LogP contribution in [0.25, 0.3) is 23.3 Å². The van der Waals surface area contributed by atoms with Gasteiger partial charge in [-0.1, -0.05) is 120 Å². The summed E-state index contributed by atoms with van der Waals surface area (Å²) in [6.07, 6.45) is 3.85. The lowest BCUT2D eigenvalue weighted by Crippen LogP contribution is -2.26. The molecule has 0 saturated carbocycles. The molecule has 1 heterocycles. The molecular formula is C36H28IO4P. The van der Waals surface area contributed by atoms with Crippen LogP contribution in [-0.2, 0) is 17.8 Å². The van der Waals surface area contributed by atoms with E-state index in [0.29, 0.717) is 41.1 Å². The molecule has 0 aromatic heterocycles. The summed E-state index contributed by atoms with van der Waals surface area (Å²) in [6.45, 7) is 4.50. The molecule has 5 aromatic carbocycles. The van der Waals surface area contributed by atoms with E-state index in [-0.39, 0.29) is 0 Å². The molecule has 42 heavy (non-hydrogen) atoms. The third kappa shape index (κ3) is 5.80. The van der Waals surface area contributed by atoms with Gasteiger partial charge in [-0.15, -0.1) is 0 Å². The Bertz CT molecular complexity index is 1810. The summed E-state index contributed by atoms with van der Waals surface area (Å²) in [6, 6.07) is 37.1. The van der Waals surface area contributed by atoms with Crippen molar-refractivity contribution in [3.8, 4) is 28.4 Å². The Morgan fingerprint density at radius 3 is 2.07 bits per heavy atom. The molecule has 6 rings (SSSR count). The van der Waals surface area contributed by atoms with E-state index in [4.69, 9.17) is 14.0 Å². The molecule has 0 saturated heterocycles. The molecule has 208 valence electrons. The van der Waals surface area contributed by atoms with E-state index in [1.807, 2.05) is 107 Å². The maximum Gasteiger partial charge on any atom is 0.311 e. The summed E-state index contributed by atoms with van der Waals surface area (Å²) < 4.78 is 36.0. The van der Waals surface area contributed by atoms with Gasteiger partial charge in [-0.25, -0.2) is 0 Å². The van der Waals surface area contributed by atoms with Gasteiger partial charge in [-0.2, -0.15) is 0 Å². The van der Waals surface area contributed by atoms with Gasteiger partial charge in [-0.05, 0) is 68.3 Å². The second-order valence-corrected chi connectivity index (χ2v) is 12.8. The molecule has 5 aromatic rings. The summed E-state index contributed by atoms with van der Waals surface area (Å²) in [7, 11) is -3.62. The highest BCUT2D eigenvalue weighted by Crippen LogP contribution is 2.55. The molecule has 1 unspecified atom stereocenters. The third-order valence-electron chi connectivity index (χ3n) is 7.12. The Morgan fingerprint density at radius 1 is 0.714 bits per heavy atom. The Balaban J connectivity index is 1.37. The molecule has 1 aliphatic heterocycles. The molecule has 0 fully saturated rings. The molecule has 4 nitrogen and oxygen atoms in total. The molecule has 1 aliphatic rings. The van der Waals surface area contributed by atoms with E-state index in [0.717, 1.165) is 33.4 Å². The second-order valence-electron chi connectivity index (χ2n) is 9.84. The van der Waals surface area contributed by atoms with Crippen molar-refractivity contribution in [2.24, 2.45) is 0 Å². The van der Waals surface area contributed by atoms with Gasteiger partial charge in [0.25, 0.3) is 0 Å². The summed E-state index contributed by atoms with van der Waals surface area (Å²) in [5.74, 6) is 1.65. The monoisotopic (exact) mass is 682 g/mol. The van der Waals surface area contributed by atoms with Crippen LogP contribution in [0, 0.1) is 0 Å². The molecule has 0 radical (unpaired) electrons. The molecule has 6 heteroatoms. The molecule has 0 aliphatic carbocycles. The van der Waals surface area contributed by atoms with Gasteiger partial charge in [0.15, 0.2) is 0 Å². The minimum atomic E-state index is -3.62. The number of hydrogen-bond donors (Lipinski definition) is 0.